The van der Waals surface area contributed by atoms with Crippen LogP contribution in [0.5, 0.6) is 0 Å². The molecule has 2 aliphatic heterocycles. The Balaban J connectivity index is 1.42. The van der Waals surface area contributed by atoms with E-state index in [4.69, 9.17) is 0 Å². The summed E-state index contributed by atoms with van der Waals surface area (Å²) in [6, 6.07) is 6.95. The topological polar surface area (TPSA) is 90.1 Å². The van der Waals surface area contributed by atoms with Crippen LogP contribution in [0.25, 0.3) is 0 Å². The normalized spacial score (nSPS) is 23.1. The minimum atomic E-state index is -0.396. The lowest BCUT2D eigenvalue weighted by Crippen LogP contribution is -2.46. The number of aromatic amines is 1. The van der Waals surface area contributed by atoms with Gasteiger partial charge in [0.05, 0.1) is 0 Å². The van der Waals surface area contributed by atoms with E-state index in [9.17, 15) is 14.0 Å². The van der Waals surface area contributed by atoms with E-state index < -0.39 is 5.56 Å². The van der Waals surface area contributed by atoms with Crippen molar-refractivity contribution in [2.75, 3.05) is 19.6 Å². The Hall–Kier alpha value is -2.58. The second-order valence-electron chi connectivity index (χ2n) is 7.55. The quantitative estimate of drug-likeness (QED) is 0.742. The molecule has 8 heteroatoms. The third kappa shape index (κ3) is 3.70. The predicted molar refractivity (Wildman–Crippen MR) is 102 cm³/mol. The Kier molecular flexibility index (Phi) is 5.23. The molecule has 2 atom stereocenters. The molecule has 2 aromatic rings. The first kappa shape index (κ1) is 18.8. The molecule has 28 heavy (non-hydrogen) atoms. The SMILES string of the molecule is Cc1ncc(C(=O)N2CCC(C3NNCC3c3cccc(F)c3)CC2)c(=O)[nH]1. The van der Waals surface area contributed by atoms with Gasteiger partial charge in [0.25, 0.3) is 11.5 Å². The number of carbonyl (C=O) groups is 1. The first-order valence-electron chi connectivity index (χ1n) is 9.62. The molecule has 4 rings (SSSR count). The van der Waals surface area contributed by atoms with Gasteiger partial charge in [0.2, 0.25) is 0 Å². The van der Waals surface area contributed by atoms with Crippen molar-refractivity contribution in [3.63, 3.8) is 0 Å². The minimum absolute atomic E-state index is 0.0855. The average Bonchev–Trinajstić information content (AvgIpc) is 3.17. The monoisotopic (exact) mass is 385 g/mol. The van der Waals surface area contributed by atoms with Crippen LogP contribution in [0.4, 0.5) is 4.39 Å². The molecule has 1 aromatic carbocycles. The van der Waals surface area contributed by atoms with Gasteiger partial charge in [0.1, 0.15) is 17.2 Å². The number of piperidine rings is 1. The molecule has 0 saturated carbocycles. The van der Waals surface area contributed by atoms with E-state index in [1.165, 1.54) is 12.3 Å². The number of likely N-dealkylation sites (tertiary alicyclic amines) is 1. The maximum Gasteiger partial charge on any atom is 0.263 e. The highest BCUT2D eigenvalue weighted by Crippen LogP contribution is 2.32. The molecule has 2 fully saturated rings. The van der Waals surface area contributed by atoms with Crippen molar-refractivity contribution < 1.29 is 9.18 Å². The number of hydrazine groups is 1. The van der Waals surface area contributed by atoms with Crippen molar-refractivity contribution in [3.8, 4) is 0 Å². The molecule has 0 spiro atoms. The number of benzene rings is 1. The van der Waals surface area contributed by atoms with Crippen molar-refractivity contribution in [1.82, 2.24) is 25.7 Å². The summed E-state index contributed by atoms with van der Waals surface area (Å²) in [4.78, 5) is 33.0. The highest BCUT2D eigenvalue weighted by atomic mass is 19.1. The van der Waals surface area contributed by atoms with Gasteiger partial charge in [0, 0.05) is 37.8 Å². The van der Waals surface area contributed by atoms with Gasteiger partial charge in [-0.05, 0) is 43.4 Å². The molecule has 0 aliphatic carbocycles. The van der Waals surface area contributed by atoms with E-state index in [1.54, 1.807) is 24.0 Å². The van der Waals surface area contributed by atoms with Gasteiger partial charge >= 0.3 is 0 Å². The summed E-state index contributed by atoms with van der Waals surface area (Å²) in [5, 5.41) is 0. The second kappa shape index (κ2) is 7.81. The van der Waals surface area contributed by atoms with Crippen molar-refractivity contribution >= 4 is 5.91 Å². The summed E-state index contributed by atoms with van der Waals surface area (Å²) in [5.41, 5.74) is 7.22. The van der Waals surface area contributed by atoms with Crippen LogP contribution in [0.2, 0.25) is 0 Å². The molecular weight excluding hydrogens is 361 g/mol. The van der Waals surface area contributed by atoms with E-state index in [0.29, 0.717) is 24.8 Å². The molecule has 1 aromatic heterocycles. The van der Waals surface area contributed by atoms with E-state index in [-0.39, 0.29) is 29.2 Å². The van der Waals surface area contributed by atoms with Crippen molar-refractivity contribution in [1.29, 1.82) is 0 Å². The van der Waals surface area contributed by atoms with E-state index in [2.05, 4.69) is 20.8 Å². The number of hydrogen-bond acceptors (Lipinski definition) is 5. The second-order valence-corrected chi connectivity index (χ2v) is 7.55. The van der Waals surface area contributed by atoms with E-state index in [0.717, 1.165) is 24.9 Å². The number of aromatic nitrogens is 2. The van der Waals surface area contributed by atoms with Crippen molar-refractivity contribution in [2.45, 2.75) is 31.7 Å². The van der Waals surface area contributed by atoms with E-state index in [1.807, 2.05) is 6.07 Å². The Morgan fingerprint density at radius 2 is 2.07 bits per heavy atom. The Morgan fingerprint density at radius 3 is 2.79 bits per heavy atom. The van der Waals surface area contributed by atoms with Crippen LogP contribution in [0.3, 0.4) is 0 Å². The summed E-state index contributed by atoms with van der Waals surface area (Å²) >= 11 is 0. The first-order chi connectivity index (χ1) is 13.5. The molecule has 2 unspecified atom stereocenters. The maximum atomic E-state index is 13.6. The summed E-state index contributed by atoms with van der Waals surface area (Å²) in [5.74, 6) is 0.546. The van der Waals surface area contributed by atoms with Crippen LogP contribution in [-0.4, -0.2) is 46.5 Å². The lowest BCUT2D eigenvalue weighted by atomic mass is 9.80. The van der Waals surface area contributed by atoms with E-state index >= 15 is 0 Å². The summed E-state index contributed by atoms with van der Waals surface area (Å²) in [6.07, 6.45) is 3.01. The van der Waals surface area contributed by atoms with Gasteiger partial charge in [-0.1, -0.05) is 12.1 Å². The Morgan fingerprint density at radius 1 is 1.29 bits per heavy atom. The van der Waals surface area contributed by atoms with Crippen LogP contribution in [0.15, 0.2) is 35.3 Å². The molecular formula is C20H24FN5O2. The molecule has 3 heterocycles. The van der Waals surface area contributed by atoms with Crippen molar-refractivity contribution in [2.24, 2.45) is 5.92 Å². The fraction of sp³-hybridized carbons (Fsp3) is 0.450. The number of aryl methyl sites for hydroxylation is 1. The third-order valence-corrected chi connectivity index (χ3v) is 5.79. The molecule has 0 radical (unpaired) electrons. The zero-order valence-corrected chi connectivity index (χ0v) is 15.7. The summed E-state index contributed by atoms with van der Waals surface area (Å²) in [6.45, 7) is 3.60. The number of carbonyl (C=O) groups excluding carboxylic acids is 1. The number of H-pyrrole nitrogens is 1. The minimum Gasteiger partial charge on any atom is -0.338 e. The maximum absolute atomic E-state index is 13.6. The molecule has 0 bridgehead atoms. The summed E-state index contributed by atoms with van der Waals surface area (Å²) in [7, 11) is 0. The molecule has 7 nitrogen and oxygen atoms in total. The predicted octanol–water partition coefficient (Wildman–Crippen LogP) is 1.33. The smallest absolute Gasteiger partial charge is 0.263 e. The number of amides is 1. The van der Waals surface area contributed by atoms with Crippen LogP contribution < -0.4 is 16.4 Å². The highest BCUT2D eigenvalue weighted by Gasteiger charge is 2.37. The standard InChI is InChI=1S/C20H24FN5O2/c1-12-22-10-17(19(27)24-12)20(28)26-7-5-13(6-8-26)18-16(11-23-25-18)14-3-2-4-15(21)9-14/h2-4,9-10,13,16,18,23,25H,5-8,11H2,1H3,(H,22,24,27). The number of rotatable bonds is 3. The number of hydrogen-bond donors (Lipinski definition) is 3. The van der Waals surface area contributed by atoms with Gasteiger partial charge in [-0.2, -0.15) is 0 Å². The van der Waals surface area contributed by atoms with Crippen LogP contribution in [-0.2, 0) is 0 Å². The molecule has 2 aliphatic rings. The van der Waals surface area contributed by atoms with Crippen LogP contribution in [0, 0.1) is 18.7 Å². The van der Waals surface area contributed by atoms with Gasteiger partial charge in [-0.3, -0.25) is 20.4 Å². The molecule has 148 valence electrons. The van der Waals surface area contributed by atoms with Gasteiger partial charge in [-0.25, -0.2) is 9.37 Å². The zero-order chi connectivity index (χ0) is 19.7. The fourth-order valence-electron chi connectivity index (χ4n) is 4.29. The number of nitrogens with zero attached hydrogens (tertiary/aromatic N) is 2. The lowest BCUT2D eigenvalue weighted by Gasteiger charge is -2.36. The van der Waals surface area contributed by atoms with Crippen molar-refractivity contribution in [3.05, 3.63) is 63.6 Å². The Bertz CT molecular complexity index is 923. The van der Waals surface area contributed by atoms with Gasteiger partial charge < -0.3 is 9.88 Å². The third-order valence-electron chi connectivity index (χ3n) is 5.79. The molecule has 2 saturated heterocycles. The van der Waals surface area contributed by atoms with Gasteiger partial charge in [0.15, 0.2) is 0 Å². The lowest BCUT2D eigenvalue weighted by molar-refractivity contribution is 0.0667. The zero-order valence-electron chi connectivity index (χ0n) is 15.7. The number of halogens is 1. The largest absolute Gasteiger partial charge is 0.338 e. The molecule has 3 N–H and O–H groups in total. The first-order valence-corrected chi connectivity index (χ1v) is 9.62. The van der Waals surface area contributed by atoms with Crippen LogP contribution in [0.1, 0.15) is 40.5 Å². The number of nitrogens with one attached hydrogen (secondary N) is 3. The Labute approximate surface area is 162 Å². The summed E-state index contributed by atoms with van der Waals surface area (Å²) < 4.78 is 13.6. The highest BCUT2D eigenvalue weighted by molar-refractivity contribution is 5.93. The van der Waals surface area contributed by atoms with Gasteiger partial charge in [-0.15, -0.1) is 0 Å². The molecule has 1 amide bonds. The fourth-order valence-corrected chi connectivity index (χ4v) is 4.29. The average molecular weight is 385 g/mol. The van der Waals surface area contributed by atoms with Crippen LogP contribution >= 0.6 is 0 Å².